The van der Waals surface area contributed by atoms with Gasteiger partial charge in [-0.25, -0.2) is 4.98 Å². The molecule has 4 rings (SSSR count). The number of hydrogen-bond acceptors (Lipinski definition) is 8. The van der Waals surface area contributed by atoms with Crippen LogP contribution in [-0.2, 0) is 29.2 Å². The Kier molecular flexibility index (Phi) is 6.48. The molecule has 1 aliphatic rings. The minimum Gasteiger partial charge on any atom is -0.477 e. The zero-order valence-electron chi connectivity index (χ0n) is 18.5. The topological polar surface area (TPSA) is 113 Å². The third-order valence-electron chi connectivity index (χ3n) is 5.50. The second-order valence-electron chi connectivity index (χ2n) is 7.71. The Hall–Kier alpha value is -3.30. The second-order valence-corrected chi connectivity index (χ2v) is 7.71. The van der Waals surface area contributed by atoms with Crippen LogP contribution in [0.25, 0.3) is 10.9 Å². The number of rotatable bonds is 8. The number of hydrogen-bond donors (Lipinski definition) is 1. The molecule has 0 spiro atoms. The van der Waals surface area contributed by atoms with Crippen molar-refractivity contribution in [1.29, 1.82) is 0 Å². The predicted molar refractivity (Wildman–Crippen MR) is 119 cm³/mol. The quantitative estimate of drug-likeness (QED) is 0.572. The summed E-state index contributed by atoms with van der Waals surface area (Å²) in [6, 6.07) is 8.87. The molecule has 168 valence electrons. The van der Waals surface area contributed by atoms with E-state index < -0.39 is 0 Å². The Balaban J connectivity index is 1.66. The molecule has 1 atom stereocenters. The van der Waals surface area contributed by atoms with Crippen molar-refractivity contribution in [3.05, 3.63) is 52.7 Å². The molecule has 1 unspecified atom stereocenters. The summed E-state index contributed by atoms with van der Waals surface area (Å²) in [5.41, 5.74) is 9.93. The van der Waals surface area contributed by atoms with Crippen molar-refractivity contribution in [3.8, 4) is 5.88 Å². The summed E-state index contributed by atoms with van der Waals surface area (Å²) in [6.45, 7) is 5.93. The fourth-order valence-corrected chi connectivity index (χ4v) is 3.86. The molecule has 2 aromatic heterocycles. The fraction of sp³-hybridized carbons (Fsp3) is 0.391. The van der Waals surface area contributed by atoms with E-state index >= 15 is 0 Å². The van der Waals surface area contributed by atoms with Gasteiger partial charge < -0.3 is 24.8 Å². The number of methoxy groups -OCH3 is 1. The van der Waals surface area contributed by atoms with Crippen LogP contribution in [0.4, 0.5) is 5.82 Å². The average molecular weight is 438 g/mol. The van der Waals surface area contributed by atoms with Gasteiger partial charge in [-0.1, -0.05) is 0 Å². The Labute approximate surface area is 186 Å². The molecule has 0 saturated carbocycles. The van der Waals surface area contributed by atoms with Crippen LogP contribution in [0.5, 0.6) is 5.88 Å². The van der Waals surface area contributed by atoms with E-state index in [1.165, 1.54) is 0 Å². The van der Waals surface area contributed by atoms with Gasteiger partial charge in [0.1, 0.15) is 5.82 Å². The molecular weight excluding hydrogens is 410 g/mol. The molecule has 1 amide bonds. The van der Waals surface area contributed by atoms with Crippen molar-refractivity contribution in [2.75, 3.05) is 26.1 Å². The zero-order chi connectivity index (χ0) is 22.7. The van der Waals surface area contributed by atoms with E-state index in [1.807, 2.05) is 32.0 Å². The first-order chi connectivity index (χ1) is 15.5. The van der Waals surface area contributed by atoms with Crippen molar-refractivity contribution < 1.29 is 19.0 Å². The number of anilines is 1. The SMILES string of the molecule is CCOc1ccc(CN(C(=O)c2ccc3nc(N)c4c(c3c2)COC4)C(C)COC)nn1. The van der Waals surface area contributed by atoms with E-state index in [0.29, 0.717) is 55.9 Å². The molecule has 0 bridgehead atoms. The first-order valence-electron chi connectivity index (χ1n) is 10.6. The number of aromatic nitrogens is 3. The smallest absolute Gasteiger partial charge is 0.254 e. The maximum absolute atomic E-state index is 13.6. The number of fused-ring (bicyclic) bond motifs is 3. The van der Waals surface area contributed by atoms with Gasteiger partial charge in [0.05, 0.1) is 50.2 Å². The molecule has 3 heterocycles. The highest BCUT2D eigenvalue weighted by Gasteiger charge is 2.25. The number of benzene rings is 1. The van der Waals surface area contributed by atoms with Crippen molar-refractivity contribution in [2.45, 2.75) is 39.6 Å². The van der Waals surface area contributed by atoms with Gasteiger partial charge >= 0.3 is 0 Å². The lowest BCUT2D eigenvalue weighted by molar-refractivity contribution is 0.0538. The van der Waals surface area contributed by atoms with Gasteiger partial charge in [0.15, 0.2) is 0 Å². The summed E-state index contributed by atoms with van der Waals surface area (Å²) in [5, 5.41) is 9.17. The molecule has 0 fully saturated rings. The Morgan fingerprint density at radius 2 is 2.03 bits per heavy atom. The number of ether oxygens (including phenoxy) is 3. The molecular formula is C23H27N5O4. The van der Waals surface area contributed by atoms with E-state index in [1.54, 1.807) is 24.1 Å². The minimum absolute atomic E-state index is 0.128. The van der Waals surface area contributed by atoms with Crippen molar-refractivity contribution in [2.24, 2.45) is 0 Å². The maximum Gasteiger partial charge on any atom is 0.254 e. The molecule has 2 N–H and O–H groups in total. The molecule has 9 nitrogen and oxygen atoms in total. The molecule has 32 heavy (non-hydrogen) atoms. The number of amides is 1. The summed E-state index contributed by atoms with van der Waals surface area (Å²) in [4.78, 5) is 19.8. The number of nitrogens with two attached hydrogens (primary N) is 1. The monoisotopic (exact) mass is 437 g/mol. The maximum atomic E-state index is 13.6. The van der Waals surface area contributed by atoms with Crippen molar-refractivity contribution >= 4 is 22.6 Å². The summed E-state index contributed by atoms with van der Waals surface area (Å²) in [5.74, 6) is 0.807. The van der Waals surface area contributed by atoms with Gasteiger partial charge in [0, 0.05) is 29.7 Å². The van der Waals surface area contributed by atoms with E-state index in [9.17, 15) is 4.79 Å². The summed E-state index contributed by atoms with van der Waals surface area (Å²) in [6.07, 6.45) is 0. The largest absolute Gasteiger partial charge is 0.477 e. The van der Waals surface area contributed by atoms with Gasteiger partial charge in [-0.05, 0) is 43.7 Å². The van der Waals surface area contributed by atoms with Crippen molar-refractivity contribution in [1.82, 2.24) is 20.1 Å². The number of pyridine rings is 1. The summed E-state index contributed by atoms with van der Waals surface area (Å²) >= 11 is 0. The molecule has 1 aromatic carbocycles. The lowest BCUT2D eigenvalue weighted by atomic mass is 10.0. The van der Waals surface area contributed by atoms with Crippen LogP contribution in [-0.4, -0.2) is 52.4 Å². The van der Waals surface area contributed by atoms with Crippen LogP contribution in [0.1, 0.15) is 41.0 Å². The highest BCUT2D eigenvalue weighted by atomic mass is 16.5. The summed E-state index contributed by atoms with van der Waals surface area (Å²) in [7, 11) is 1.62. The Morgan fingerprint density at radius 3 is 2.75 bits per heavy atom. The molecule has 9 heteroatoms. The normalized spacial score (nSPS) is 13.7. The third-order valence-corrected chi connectivity index (χ3v) is 5.50. The van der Waals surface area contributed by atoms with Gasteiger partial charge in [0.25, 0.3) is 5.91 Å². The highest BCUT2D eigenvalue weighted by molar-refractivity contribution is 5.99. The first-order valence-corrected chi connectivity index (χ1v) is 10.6. The predicted octanol–water partition coefficient (Wildman–Crippen LogP) is 2.71. The molecule has 0 aliphatic carbocycles. The first kappa shape index (κ1) is 21.9. The number of nitrogens with zero attached hydrogens (tertiary/aromatic N) is 4. The summed E-state index contributed by atoms with van der Waals surface area (Å²) < 4.78 is 16.2. The van der Waals surface area contributed by atoms with Crippen LogP contribution in [0.3, 0.4) is 0 Å². The Bertz CT molecular complexity index is 1120. The van der Waals surface area contributed by atoms with Gasteiger partial charge in [-0.15, -0.1) is 5.10 Å². The number of carbonyl (C=O) groups is 1. The van der Waals surface area contributed by atoms with Crippen molar-refractivity contribution in [3.63, 3.8) is 0 Å². The number of nitrogen functional groups attached to an aromatic ring is 1. The molecule has 3 aromatic rings. The van der Waals surface area contributed by atoms with Crippen LogP contribution >= 0.6 is 0 Å². The van der Waals surface area contributed by atoms with E-state index in [4.69, 9.17) is 19.9 Å². The van der Waals surface area contributed by atoms with E-state index in [-0.39, 0.29) is 11.9 Å². The van der Waals surface area contributed by atoms with Crippen LogP contribution in [0.2, 0.25) is 0 Å². The molecule has 0 saturated heterocycles. The average Bonchev–Trinajstić information content (AvgIpc) is 3.29. The zero-order valence-corrected chi connectivity index (χ0v) is 18.5. The lowest BCUT2D eigenvalue weighted by Gasteiger charge is -2.28. The molecule has 0 radical (unpaired) electrons. The van der Waals surface area contributed by atoms with E-state index in [0.717, 1.165) is 22.0 Å². The highest BCUT2D eigenvalue weighted by Crippen LogP contribution is 2.32. The standard InChI is InChI=1S/C23H27N5O4/c1-4-32-21-8-6-16(26-27-21)10-28(14(2)11-30-3)23(29)15-5-7-20-17(9-15)18-12-31-13-19(18)22(24)25-20/h5-9,14H,4,10-13H2,1-3H3,(H2,24,25). The van der Waals surface area contributed by atoms with Crippen LogP contribution in [0.15, 0.2) is 30.3 Å². The van der Waals surface area contributed by atoms with Gasteiger partial charge in [-0.2, -0.15) is 5.10 Å². The fourth-order valence-electron chi connectivity index (χ4n) is 3.86. The van der Waals surface area contributed by atoms with Gasteiger partial charge in [0.2, 0.25) is 5.88 Å². The van der Waals surface area contributed by atoms with Gasteiger partial charge in [-0.3, -0.25) is 4.79 Å². The third kappa shape index (κ3) is 4.35. The second kappa shape index (κ2) is 9.46. The Morgan fingerprint density at radius 1 is 1.22 bits per heavy atom. The van der Waals surface area contributed by atoms with E-state index in [2.05, 4.69) is 15.2 Å². The minimum atomic E-state index is -0.171. The van der Waals surface area contributed by atoms with Crippen LogP contribution in [0, 0.1) is 0 Å². The molecule has 1 aliphatic heterocycles. The van der Waals surface area contributed by atoms with Crippen LogP contribution < -0.4 is 10.5 Å². The number of carbonyl (C=O) groups excluding carboxylic acids is 1. The lowest BCUT2D eigenvalue weighted by Crippen LogP contribution is -2.40.